The average Bonchev–Trinajstić information content (AvgIpc) is 2.79. The van der Waals surface area contributed by atoms with E-state index in [1.807, 2.05) is 13.8 Å². The van der Waals surface area contributed by atoms with Crippen LogP contribution < -0.4 is 10.1 Å². The Morgan fingerprint density at radius 1 is 1.14 bits per heavy atom. The van der Waals surface area contributed by atoms with E-state index in [2.05, 4.69) is 10.1 Å². The molecular weight excluding hydrogens is 375 g/mol. The Hall–Kier alpha value is -2.29. The Labute approximate surface area is 161 Å². The Balaban J connectivity index is 1.83. The summed E-state index contributed by atoms with van der Waals surface area (Å²) in [5.41, 5.74) is -0.252. The fourth-order valence-electron chi connectivity index (χ4n) is 3.83. The minimum Gasteiger partial charge on any atom is -0.406 e. The van der Waals surface area contributed by atoms with Crippen molar-refractivity contribution in [2.75, 3.05) is 19.6 Å². The van der Waals surface area contributed by atoms with Crippen molar-refractivity contribution < 1.29 is 27.5 Å². The van der Waals surface area contributed by atoms with E-state index in [0.29, 0.717) is 38.0 Å². The number of urea groups is 1. The van der Waals surface area contributed by atoms with E-state index in [1.54, 1.807) is 4.90 Å². The highest BCUT2D eigenvalue weighted by molar-refractivity contribution is 6.07. The van der Waals surface area contributed by atoms with Crippen molar-refractivity contribution in [2.45, 2.75) is 45.1 Å². The van der Waals surface area contributed by atoms with Crippen LogP contribution in [-0.4, -0.2) is 53.3 Å². The normalized spacial score (nSPS) is 19.8. The second kappa shape index (κ2) is 7.62. The molecule has 0 unspecified atom stereocenters. The first-order valence-corrected chi connectivity index (χ1v) is 9.31. The molecule has 1 spiro atoms. The first-order chi connectivity index (χ1) is 13.1. The zero-order valence-electron chi connectivity index (χ0n) is 15.9. The largest absolute Gasteiger partial charge is 0.573 e. The molecule has 2 aliphatic heterocycles. The Morgan fingerprint density at radius 3 is 2.29 bits per heavy atom. The van der Waals surface area contributed by atoms with Gasteiger partial charge in [0.15, 0.2) is 0 Å². The summed E-state index contributed by atoms with van der Waals surface area (Å²) < 4.78 is 40.9. The number of hydrogen-bond acceptors (Lipinski definition) is 4. The van der Waals surface area contributed by atoms with Gasteiger partial charge in [0, 0.05) is 13.1 Å². The second-order valence-electron chi connectivity index (χ2n) is 7.65. The van der Waals surface area contributed by atoms with Crippen LogP contribution in [0.4, 0.5) is 18.0 Å². The predicted molar refractivity (Wildman–Crippen MR) is 95.4 cm³/mol. The molecule has 0 saturated carbocycles. The summed E-state index contributed by atoms with van der Waals surface area (Å²) in [6, 6.07) is 5.06. The number of ether oxygens (including phenoxy) is 1. The van der Waals surface area contributed by atoms with Crippen LogP contribution in [0.5, 0.6) is 5.75 Å². The van der Waals surface area contributed by atoms with Gasteiger partial charge >= 0.3 is 12.4 Å². The highest BCUT2D eigenvalue weighted by Gasteiger charge is 2.57. The van der Waals surface area contributed by atoms with Crippen LogP contribution in [0.3, 0.4) is 0 Å². The zero-order valence-corrected chi connectivity index (χ0v) is 15.9. The van der Waals surface area contributed by atoms with Crippen LogP contribution in [0.25, 0.3) is 0 Å². The van der Waals surface area contributed by atoms with Crippen molar-refractivity contribution in [1.82, 2.24) is 15.1 Å². The lowest BCUT2D eigenvalue weighted by Gasteiger charge is -2.38. The number of piperidine rings is 1. The van der Waals surface area contributed by atoms with Crippen molar-refractivity contribution in [3.8, 4) is 5.75 Å². The summed E-state index contributed by atoms with van der Waals surface area (Å²) in [4.78, 5) is 29.0. The summed E-state index contributed by atoms with van der Waals surface area (Å²) in [7, 11) is 0. The van der Waals surface area contributed by atoms with Gasteiger partial charge in [0.1, 0.15) is 11.3 Å². The van der Waals surface area contributed by atoms with Crippen molar-refractivity contribution in [3.63, 3.8) is 0 Å². The van der Waals surface area contributed by atoms with Gasteiger partial charge in [-0.05, 0) is 49.5 Å². The number of carbonyl (C=O) groups excluding carboxylic acids is 2. The van der Waals surface area contributed by atoms with Crippen molar-refractivity contribution in [2.24, 2.45) is 5.92 Å². The summed E-state index contributed by atoms with van der Waals surface area (Å²) >= 11 is 0. The fourth-order valence-corrected chi connectivity index (χ4v) is 3.83. The number of halogens is 3. The van der Waals surface area contributed by atoms with Gasteiger partial charge in [0.2, 0.25) is 0 Å². The summed E-state index contributed by atoms with van der Waals surface area (Å²) in [6.07, 6.45) is -3.72. The highest BCUT2D eigenvalue weighted by Crippen LogP contribution is 2.37. The third-order valence-corrected chi connectivity index (χ3v) is 5.10. The number of rotatable bonds is 5. The van der Waals surface area contributed by atoms with Crippen LogP contribution in [0.2, 0.25) is 0 Å². The van der Waals surface area contributed by atoms with Gasteiger partial charge in [-0.25, -0.2) is 4.79 Å². The van der Waals surface area contributed by atoms with Gasteiger partial charge in [0.05, 0.1) is 0 Å². The Kier molecular flexibility index (Phi) is 5.56. The molecule has 0 atom stereocenters. The van der Waals surface area contributed by atoms with Crippen LogP contribution >= 0.6 is 0 Å². The molecule has 0 radical (unpaired) electrons. The van der Waals surface area contributed by atoms with Gasteiger partial charge in [-0.3, -0.25) is 9.69 Å². The molecule has 1 aromatic rings. The number of imide groups is 1. The summed E-state index contributed by atoms with van der Waals surface area (Å²) in [5.74, 6) is -0.353. The average molecular weight is 399 g/mol. The molecule has 154 valence electrons. The minimum atomic E-state index is -4.75. The quantitative estimate of drug-likeness (QED) is 0.773. The monoisotopic (exact) mass is 399 g/mol. The van der Waals surface area contributed by atoms with E-state index in [0.717, 1.165) is 0 Å². The minimum absolute atomic E-state index is 0.144. The van der Waals surface area contributed by atoms with E-state index in [4.69, 9.17) is 0 Å². The number of carbonyl (C=O) groups is 2. The maximum absolute atomic E-state index is 13.1. The van der Waals surface area contributed by atoms with E-state index in [-0.39, 0.29) is 30.2 Å². The molecule has 2 saturated heterocycles. The lowest BCUT2D eigenvalue weighted by Crippen LogP contribution is -2.55. The number of alkyl halides is 3. The molecule has 0 aromatic heterocycles. The van der Waals surface area contributed by atoms with Crippen LogP contribution in [0, 0.1) is 5.92 Å². The molecule has 0 bridgehead atoms. The number of nitrogens with one attached hydrogen (secondary N) is 1. The molecule has 28 heavy (non-hydrogen) atoms. The first kappa shape index (κ1) is 20.4. The molecular formula is C19H24F3N3O3. The summed E-state index contributed by atoms with van der Waals surface area (Å²) in [6.45, 7) is 5.65. The fraction of sp³-hybridized carbons (Fsp3) is 0.579. The number of nitrogens with zero attached hydrogens (tertiary/aromatic N) is 2. The van der Waals surface area contributed by atoms with Gasteiger partial charge in [-0.1, -0.05) is 26.0 Å². The van der Waals surface area contributed by atoms with Gasteiger partial charge in [-0.2, -0.15) is 0 Å². The molecule has 1 N–H and O–H groups in total. The first-order valence-electron chi connectivity index (χ1n) is 9.31. The van der Waals surface area contributed by atoms with Crippen molar-refractivity contribution in [1.29, 1.82) is 0 Å². The molecule has 3 amide bonds. The Morgan fingerprint density at radius 2 is 1.75 bits per heavy atom. The molecule has 2 heterocycles. The third-order valence-electron chi connectivity index (χ3n) is 5.10. The van der Waals surface area contributed by atoms with E-state index < -0.39 is 11.9 Å². The third kappa shape index (κ3) is 4.09. The predicted octanol–water partition coefficient (Wildman–Crippen LogP) is 3.13. The SMILES string of the molecule is CC(C)CN1C(=O)N(Cc2ccc(OC(F)(F)F)cc2)C2(CCNCC2)C1=O. The summed E-state index contributed by atoms with van der Waals surface area (Å²) in [5, 5.41) is 3.21. The molecule has 3 rings (SSSR count). The molecule has 6 nitrogen and oxygen atoms in total. The van der Waals surface area contributed by atoms with Crippen LogP contribution in [-0.2, 0) is 11.3 Å². The number of benzene rings is 1. The van der Waals surface area contributed by atoms with Gasteiger partial charge < -0.3 is 15.0 Å². The molecule has 2 fully saturated rings. The highest BCUT2D eigenvalue weighted by atomic mass is 19.4. The van der Waals surface area contributed by atoms with E-state index in [9.17, 15) is 22.8 Å². The lowest BCUT2D eigenvalue weighted by atomic mass is 9.86. The zero-order chi connectivity index (χ0) is 20.5. The molecule has 9 heteroatoms. The second-order valence-corrected chi connectivity index (χ2v) is 7.65. The molecule has 0 aliphatic carbocycles. The maximum atomic E-state index is 13.1. The topological polar surface area (TPSA) is 61.9 Å². The van der Waals surface area contributed by atoms with Gasteiger partial charge in [0.25, 0.3) is 5.91 Å². The molecule has 2 aliphatic rings. The molecule has 1 aromatic carbocycles. The van der Waals surface area contributed by atoms with Crippen LogP contribution in [0.1, 0.15) is 32.3 Å². The van der Waals surface area contributed by atoms with E-state index in [1.165, 1.54) is 29.2 Å². The standard InChI is InChI=1S/C19H24F3N3O3/c1-13(2)11-24-16(26)18(7-9-23-10-8-18)25(17(24)27)12-14-3-5-15(6-4-14)28-19(20,21)22/h3-6,13,23H,7-12H2,1-2H3. The van der Waals surface area contributed by atoms with Crippen LogP contribution in [0.15, 0.2) is 24.3 Å². The Bertz CT molecular complexity index is 728. The van der Waals surface area contributed by atoms with E-state index >= 15 is 0 Å². The lowest BCUT2D eigenvalue weighted by molar-refractivity contribution is -0.274. The number of hydrogen-bond donors (Lipinski definition) is 1. The van der Waals surface area contributed by atoms with Gasteiger partial charge in [-0.15, -0.1) is 13.2 Å². The maximum Gasteiger partial charge on any atom is 0.573 e. The van der Waals surface area contributed by atoms with Crippen molar-refractivity contribution >= 4 is 11.9 Å². The van der Waals surface area contributed by atoms with Crippen molar-refractivity contribution in [3.05, 3.63) is 29.8 Å². The smallest absolute Gasteiger partial charge is 0.406 e. The number of amides is 3.